The van der Waals surface area contributed by atoms with Gasteiger partial charge in [0, 0.05) is 11.6 Å². The second-order valence-electron chi connectivity index (χ2n) is 4.74. The Hall–Kier alpha value is -1.28. The van der Waals surface area contributed by atoms with Crippen LogP contribution >= 0.6 is 11.6 Å². The van der Waals surface area contributed by atoms with Gasteiger partial charge < -0.3 is 4.74 Å². The van der Waals surface area contributed by atoms with Crippen LogP contribution in [0.5, 0.6) is 5.75 Å². The van der Waals surface area contributed by atoms with Crippen LogP contribution < -0.4 is 4.74 Å². The van der Waals surface area contributed by atoms with Gasteiger partial charge in [-0.05, 0) is 37.1 Å². The minimum Gasteiger partial charge on any atom is -0.488 e. The number of hydrogen-bond donors (Lipinski definition) is 0. The third-order valence-electron chi connectivity index (χ3n) is 3.31. The predicted molar refractivity (Wildman–Crippen MR) is 81.0 cm³/mol. The molecule has 0 aliphatic heterocycles. The molecule has 1 aromatic heterocycles. The van der Waals surface area contributed by atoms with E-state index in [0.29, 0.717) is 0 Å². The van der Waals surface area contributed by atoms with Crippen LogP contribution in [0.15, 0.2) is 30.5 Å². The maximum atomic E-state index is 6.19. The summed E-state index contributed by atoms with van der Waals surface area (Å²) in [5.74, 6) is 0.836. The van der Waals surface area contributed by atoms with E-state index in [1.807, 2.05) is 24.3 Å². The summed E-state index contributed by atoms with van der Waals surface area (Å²) in [7, 11) is 0. The van der Waals surface area contributed by atoms with Gasteiger partial charge in [0.15, 0.2) is 0 Å². The van der Waals surface area contributed by atoms with Crippen molar-refractivity contribution >= 4 is 22.5 Å². The normalized spacial score (nSPS) is 12.6. The van der Waals surface area contributed by atoms with Gasteiger partial charge in [-0.2, -0.15) is 0 Å². The smallest absolute Gasteiger partial charge is 0.146 e. The Morgan fingerprint density at radius 3 is 2.84 bits per heavy atom. The first-order chi connectivity index (χ1) is 9.26. The molecule has 1 unspecified atom stereocenters. The van der Waals surface area contributed by atoms with Gasteiger partial charge in [0.25, 0.3) is 0 Å². The van der Waals surface area contributed by atoms with E-state index in [2.05, 4.69) is 18.8 Å². The number of fused-ring (bicyclic) bond motifs is 1. The lowest BCUT2D eigenvalue weighted by Crippen LogP contribution is -2.15. The summed E-state index contributed by atoms with van der Waals surface area (Å²) in [6.45, 7) is 4.36. The number of pyridine rings is 1. The first-order valence-corrected chi connectivity index (χ1v) is 7.34. The Morgan fingerprint density at radius 2 is 2.11 bits per heavy atom. The highest BCUT2D eigenvalue weighted by Crippen LogP contribution is 2.30. The summed E-state index contributed by atoms with van der Waals surface area (Å²) in [5, 5.41) is 1.67. The molecule has 19 heavy (non-hydrogen) atoms. The second-order valence-corrected chi connectivity index (χ2v) is 5.14. The molecule has 0 fully saturated rings. The molecule has 1 heterocycles. The van der Waals surface area contributed by atoms with E-state index in [-0.39, 0.29) is 6.10 Å². The molecule has 0 bridgehead atoms. The molecule has 0 amide bonds. The van der Waals surface area contributed by atoms with Gasteiger partial charge in [-0.3, -0.25) is 4.98 Å². The van der Waals surface area contributed by atoms with Crippen LogP contribution in [0, 0.1) is 0 Å². The van der Waals surface area contributed by atoms with Gasteiger partial charge in [0.1, 0.15) is 11.3 Å². The summed E-state index contributed by atoms with van der Waals surface area (Å²) >= 11 is 6.19. The minimum absolute atomic E-state index is 0.256. The summed E-state index contributed by atoms with van der Waals surface area (Å²) in [4.78, 5) is 4.40. The molecule has 102 valence electrons. The van der Waals surface area contributed by atoms with Crippen LogP contribution in [-0.4, -0.2) is 11.1 Å². The quantitative estimate of drug-likeness (QED) is 0.721. The summed E-state index contributed by atoms with van der Waals surface area (Å²) < 4.78 is 6.11. The molecule has 0 saturated carbocycles. The molecule has 2 nitrogen and oxygen atoms in total. The molecule has 0 radical (unpaired) electrons. The molecule has 0 spiro atoms. The monoisotopic (exact) mass is 277 g/mol. The lowest BCUT2D eigenvalue weighted by molar-refractivity contribution is 0.185. The standard InChI is InChI=1S/C16H20ClNO/c1-3-5-7-12(4-2)19-15-10-9-14(17)13-8-6-11-18-16(13)15/h6,8-12H,3-5,7H2,1-2H3. The first kappa shape index (κ1) is 14.1. The van der Waals surface area contributed by atoms with Gasteiger partial charge >= 0.3 is 0 Å². The van der Waals surface area contributed by atoms with Crippen LogP contribution in [0.4, 0.5) is 0 Å². The van der Waals surface area contributed by atoms with Crippen LogP contribution in [0.1, 0.15) is 39.5 Å². The van der Waals surface area contributed by atoms with Crippen LogP contribution in [0.2, 0.25) is 5.02 Å². The second kappa shape index (κ2) is 6.76. The molecular weight excluding hydrogens is 258 g/mol. The highest BCUT2D eigenvalue weighted by molar-refractivity contribution is 6.35. The number of halogens is 1. The van der Waals surface area contributed by atoms with E-state index >= 15 is 0 Å². The molecule has 3 heteroatoms. The minimum atomic E-state index is 0.256. The van der Waals surface area contributed by atoms with Crippen molar-refractivity contribution in [1.82, 2.24) is 4.98 Å². The summed E-state index contributed by atoms with van der Waals surface area (Å²) in [6.07, 6.45) is 6.52. The zero-order valence-corrected chi connectivity index (χ0v) is 12.3. The molecule has 0 saturated heterocycles. The van der Waals surface area contributed by atoms with Crippen molar-refractivity contribution in [3.8, 4) is 5.75 Å². The van der Waals surface area contributed by atoms with Gasteiger partial charge in [-0.15, -0.1) is 0 Å². The zero-order valence-electron chi connectivity index (χ0n) is 11.5. The Kier molecular flexibility index (Phi) is 5.03. The number of hydrogen-bond acceptors (Lipinski definition) is 2. The molecule has 1 atom stereocenters. The van der Waals surface area contributed by atoms with E-state index in [1.165, 1.54) is 12.8 Å². The van der Waals surface area contributed by atoms with Crippen molar-refractivity contribution in [2.45, 2.75) is 45.6 Å². The zero-order chi connectivity index (χ0) is 13.7. The SMILES string of the molecule is CCCCC(CC)Oc1ccc(Cl)c2cccnc12. The fourth-order valence-electron chi connectivity index (χ4n) is 2.16. The average molecular weight is 278 g/mol. The molecule has 0 aliphatic carbocycles. The van der Waals surface area contributed by atoms with Gasteiger partial charge in [-0.25, -0.2) is 0 Å². The van der Waals surface area contributed by atoms with Gasteiger partial charge in [0.05, 0.1) is 11.1 Å². The maximum Gasteiger partial charge on any atom is 0.146 e. The average Bonchev–Trinajstić information content (AvgIpc) is 2.46. The largest absolute Gasteiger partial charge is 0.488 e. The number of nitrogens with zero attached hydrogens (tertiary/aromatic N) is 1. The molecular formula is C16H20ClNO. The number of ether oxygens (including phenoxy) is 1. The van der Waals surface area contributed by atoms with Crippen LogP contribution in [-0.2, 0) is 0 Å². The highest BCUT2D eigenvalue weighted by Gasteiger charge is 2.12. The Balaban J connectivity index is 2.27. The predicted octanol–water partition coefficient (Wildman–Crippen LogP) is 5.24. The molecule has 2 rings (SSSR count). The molecule has 1 aromatic carbocycles. The summed E-state index contributed by atoms with van der Waals surface area (Å²) in [6, 6.07) is 7.68. The number of rotatable bonds is 6. The maximum absolute atomic E-state index is 6.19. The van der Waals surface area contributed by atoms with Gasteiger partial charge in [0.2, 0.25) is 0 Å². The van der Waals surface area contributed by atoms with E-state index in [4.69, 9.17) is 16.3 Å². The van der Waals surface area contributed by atoms with E-state index in [1.54, 1.807) is 6.20 Å². The molecule has 2 aromatic rings. The number of benzene rings is 1. The van der Waals surface area contributed by atoms with Crippen molar-refractivity contribution < 1.29 is 4.74 Å². The van der Waals surface area contributed by atoms with Crippen LogP contribution in [0.25, 0.3) is 10.9 Å². The Labute approximate surface area is 119 Å². The van der Waals surface area contributed by atoms with E-state index in [9.17, 15) is 0 Å². The Bertz CT molecular complexity index is 541. The van der Waals surface area contributed by atoms with Crippen molar-refractivity contribution in [2.75, 3.05) is 0 Å². The lowest BCUT2D eigenvalue weighted by atomic mass is 10.1. The highest BCUT2D eigenvalue weighted by atomic mass is 35.5. The molecule has 0 aliphatic rings. The fourth-order valence-corrected chi connectivity index (χ4v) is 2.38. The Morgan fingerprint density at radius 1 is 1.26 bits per heavy atom. The third-order valence-corrected chi connectivity index (χ3v) is 3.64. The number of unbranched alkanes of at least 4 members (excludes halogenated alkanes) is 1. The topological polar surface area (TPSA) is 22.1 Å². The van der Waals surface area contributed by atoms with Crippen molar-refractivity contribution in [1.29, 1.82) is 0 Å². The first-order valence-electron chi connectivity index (χ1n) is 6.96. The molecule has 0 N–H and O–H groups in total. The van der Waals surface area contributed by atoms with E-state index in [0.717, 1.165) is 34.5 Å². The van der Waals surface area contributed by atoms with Crippen molar-refractivity contribution in [3.05, 3.63) is 35.5 Å². The van der Waals surface area contributed by atoms with Crippen LogP contribution in [0.3, 0.4) is 0 Å². The van der Waals surface area contributed by atoms with E-state index < -0.39 is 0 Å². The van der Waals surface area contributed by atoms with Gasteiger partial charge in [-0.1, -0.05) is 38.3 Å². The number of aromatic nitrogens is 1. The third kappa shape index (κ3) is 3.38. The lowest BCUT2D eigenvalue weighted by Gasteiger charge is -2.18. The van der Waals surface area contributed by atoms with Crippen molar-refractivity contribution in [3.63, 3.8) is 0 Å². The fraction of sp³-hybridized carbons (Fsp3) is 0.438. The summed E-state index contributed by atoms with van der Waals surface area (Å²) in [5.41, 5.74) is 0.852. The van der Waals surface area contributed by atoms with Crippen molar-refractivity contribution in [2.24, 2.45) is 0 Å².